The van der Waals surface area contributed by atoms with Gasteiger partial charge in [0.25, 0.3) is 5.91 Å². The summed E-state index contributed by atoms with van der Waals surface area (Å²) in [7, 11) is 0. The molecular weight excluding hydrogens is 328 g/mol. The fourth-order valence-electron chi connectivity index (χ4n) is 3.25. The fraction of sp³-hybridized carbons (Fsp3) is 0.588. The predicted molar refractivity (Wildman–Crippen MR) is 93.4 cm³/mol. The monoisotopic (exact) mass is 352 g/mol. The summed E-state index contributed by atoms with van der Waals surface area (Å²) in [6.07, 6.45) is 5.45. The number of carboxylic acid groups (broad SMARTS) is 1. The van der Waals surface area contributed by atoms with Crippen LogP contribution in [0.3, 0.4) is 0 Å². The number of amides is 2. The number of primary amides is 1. The summed E-state index contributed by atoms with van der Waals surface area (Å²) in [6, 6.07) is 0. The smallest absolute Gasteiger partial charge is 0.303 e. The zero-order chi connectivity index (χ0) is 17.7. The van der Waals surface area contributed by atoms with Crippen molar-refractivity contribution in [2.24, 2.45) is 11.7 Å². The minimum Gasteiger partial charge on any atom is -0.481 e. The van der Waals surface area contributed by atoms with Crippen LogP contribution in [0.15, 0.2) is 0 Å². The molecule has 0 bridgehead atoms. The minimum atomic E-state index is -0.922. The maximum atomic E-state index is 12.0. The summed E-state index contributed by atoms with van der Waals surface area (Å²) in [5.41, 5.74) is 6.96. The van der Waals surface area contributed by atoms with E-state index in [2.05, 4.69) is 12.2 Å². The van der Waals surface area contributed by atoms with E-state index in [1.54, 1.807) is 0 Å². The van der Waals surface area contributed by atoms with Crippen LogP contribution in [-0.2, 0) is 22.4 Å². The summed E-state index contributed by atoms with van der Waals surface area (Å²) >= 11 is 1.44. The Bertz CT molecular complexity index is 639. The van der Waals surface area contributed by atoms with Gasteiger partial charge in [0, 0.05) is 17.7 Å². The van der Waals surface area contributed by atoms with E-state index >= 15 is 0 Å². The van der Waals surface area contributed by atoms with Gasteiger partial charge >= 0.3 is 5.97 Å². The number of fused-ring (bicyclic) bond motifs is 1. The van der Waals surface area contributed by atoms with Gasteiger partial charge < -0.3 is 16.2 Å². The molecule has 0 spiro atoms. The molecule has 2 rings (SSSR count). The summed E-state index contributed by atoms with van der Waals surface area (Å²) in [5, 5.41) is 11.9. The Labute approximate surface area is 145 Å². The van der Waals surface area contributed by atoms with Gasteiger partial charge in [0.05, 0.1) is 5.56 Å². The molecule has 6 nitrogen and oxygen atoms in total. The van der Waals surface area contributed by atoms with Crippen LogP contribution in [0.25, 0.3) is 0 Å². The van der Waals surface area contributed by atoms with E-state index in [-0.39, 0.29) is 25.2 Å². The Morgan fingerprint density at radius 1 is 1.33 bits per heavy atom. The highest BCUT2D eigenvalue weighted by atomic mass is 32.1. The lowest BCUT2D eigenvalue weighted by Gasteiger charge is -2.21. The molecule has 0 aromatic carbocycles. The van der Waals surface area contributed by atoms with Gasteiger partial charge in [-0.2, -0.15) is 0 Å². The topological polar surface area (TPSA) is 109 Å². The Hall–Kier alpha value is -1.89. The SMILES string of the molecule is CCC[C@H]1CCc2c(sc(NC(=O)CCCC(=O)O)c2C(N)=O)C1. The molecule has 1 aromatic heterocycles. The molecule has 2 amide bonds. The number of carbonyl (C=O) groups is 3. The quantitative estimate of drug-likeness (QED) is 0.668. The van der Waals surface area contributed by atoms with Crippen molar-refractivity contribution in [2.45, 2.75) is 58.3 Å². The zero-order valence-corrected chi connectivity index (χ0v) is 14.7. The summed E-state index contributed by atoms with van der Waals surface area (Å²) in [6.45, 7) is 2.17. The van der Waals surface area contributed by atoms with Crippen LogP contribution in [0, 0.1) is 5.92 Å². The van der Waals surface area contributed by atoms with Crippen molar-refractivity contribution in [3.63, 3.8) is 0 Å². The van der Waals surface area contributed by atoms with Gasteiger partial charge in [-0.05, 0) is 37.2 Å². The highest BCUT2D eigenvalue weighted by molar-refractivity contribution is 7.17. The zero-order valence-electron chi connectivity index (χ0n) is 13.9. The molecule has 0 fully saturated rings. The van der Waals surface area contributed by atoms with E-state index in [0.29, 0.717) is 16.5 Å². The molecular formula is C17H24N2O4S. The van der Waals surface area contributed by atoms with Crippen LogP contribution < -0.4 is 11.1 Å². The lowest BCUT2D eigenvalue weighted by molar-refractivity contribution is -0.137. The molecule has 1 atom stereocenters. The first-order valence-electron chi connectivity index (χ1n) is 8.38. The van der Waals surface area contributed by atoms with Gasteiger partial charge in [0.15, 0.2) is 0 Å². The Balaban J connectivity index is 2.11. The van der Waals surface area contributed by atoms with Crippen molar-refractivity contribution >= 4 is 34.1 Å². The van der Waals surface area contributed by atoms with Crippen LogP contribution in [-0.4, -0.2) is 22.9 Å². The van der Waals surface area contributed by atoms with Gasteiger partial charge in [-0.1, -0.05) is 19.8 Å². The molecule has 1 aromatic rings. The van der Waals surface area contributed by atoms with Crippen LogP contribution in [0.1, 0.15) is 66.2 Å². The van der Waals surface area contributed by atoms with E-state index < -0.39 is 11.9 Å². The minimum absolute atomic E-state index is 0.0459. The molecule has 1 heterocycles. The Kier molecular flexibility index (Phi) is 6.36. The number of rotatable bonds is 8. The van der Waals surface area contributed by atoms with Gasteiger partial charge in [-0.3, -0.25) is 14.4 Å². The average molecular weight is 352 g/mol. The van der Waals surface area contributed by atoms with E-state index in [0.717, 1.165) is 36.1 Å². The lowest BCUT2D eigenvalue weighted by atomic mass is 9.84. The normalized spacial score (nSPS) is 16.5. The lowest BCUT2D eigenvalue weighted by Crippen LogP contribution is -2.19. The first kappa shape index (κ1) is 18.4. The number of carbonyl (C=O) groups excluding carboxylic acids is 2. The third-order valence-corrected chi connectivity index (χ3v) is 5.53. The number of hydrogen-bond acceptors (Lipinski definition) is 4. The number of nitrogens with one attached hydrogen (secondary N) is 1. The second kappa shape index (κ2) is 8.28. The van der Waals surface area contributed by atoms with E-state index in [4.69, 9.17) is 10.8 Å². The van der Waals surface area contributed by atoms with Crippen LogP contribution in [0.5, 0.6) is 0 Å². The molecule has 1 aliphatic rings. The maximum Gasteiger partial charge on any atom is 0.303 e. The molecule has 24 heavy (non-hydrogen) atoms. The first-order chi connectivity index (χ1) is 11.4. The second-order valence-electron chi connectivity index (χ2n) is 6.27. The number of aliphatic carboxylic acids is 1. The Morgan fingerprint density at radius 3 is 2.71 bits per heavy atom. The van der Waals surface area contributed by atoms with Gasteiger partial charge in [0.2, 0.25) is 5.91 Å². The fourth-order valence-corrected chi connectivity index (χ4v) is 4.63. The van der Waals surface area contributed by atoms with Crippen LogP contribution >= 0.6 is 11.3 Å². The largest absolute Gasteiger partial charge is 0.481 e. The third-order valence-electron chi connectivity index (χ3n) is 4.36. The molecule has 7 heteroatoms. The average Bonchev–Trinajstić information content (AvgIpc) is 2.84. The number of nitrogens with two attached hydrogens (primary N) is 1. The first-order valence-corrected chi connectivity index (χ1v) is 9.20. The Morgan fingerprint density at radius 2 is 2.08 bits per heavy atom. The molecule has 0 unspecified atom stereocenters. The van der Waals surface area contributed by atoms with Crippen molar-refractivity contribution in [3.05, 3.63) is 16.0 Å². The van der Waals surface area contributed by atoms with E-state index in [9.17, 15) is 14.4 Å². The predicted octanol–water partition coefficient (Wildman–Crippen LogP) is 2.95. The van der Waals surface area contributed by atoms with E-state index in [1.165, 1.54) is 17.8 Å². The maximum absolute atomic E-state index is 12.0. The van der Waals surface area contributed by atoms with Crippen molar-refractivity contribution < 1.29 is 19.5 Å². The van der Waals surface area contributed by atoms with Crippen molar-refractivity contribution in [3.8, 4) is 0 Å². The van der Waals surface area contributed by atoms with Gasteiger partial charge in [-0.25, -0.2) is 0 Å². The molecule has 0 radical (unpaired) electrons. The van der Waals surface area contributed by atoms with E-state index in [1.807, 2.05) is 0 Å². The van der Waals surface area contributed by atoms with Crippen LogP contribution in [0.2, 0.25) is 0 Å². The standard InChI is InChI=1S/C17H24N2O4S/c1-2-4-10-7-8-11-12(9-10)24-17(15(11)16(18)23)19-13(20)5-3-6-14(21)22/h10H,2-9H2,1H3,(H2,18,23)(H,19,20)(H,21,22)/t10-/m0/s1. The molecule has 0 saturated heterocycles. The highest BCUT2D eigenvalue weighted by Crippen LogP contribution is 2.40. The van der Waals surface area contributed by atoms with Gasteiger partial charge in [0.1, 0.15) is 5.00 Å². The summed E-state index contributed by atoms with van der Waals surface area (Å²) < 4.78 is 0. The molecule has 0 aliphatic heterocycles. The molecule has 1 aliphatic carbocycles. The van der Waals surface area contributed by atoms with Crippen molar-refractivity contribution in [1.29, 1.82) is 0 Å². The molecule has 4 N–H and O–H groups in total. The summed E-state index contributed by atoms with van der Waals surface area (Å²) in [5.74, 6) is -1.08. The number of thiophene rings is 1. The second-order valence-corrected chi connectivity index (χ2v) is 7.37. The number of carboxylic acids is 1. The highest BCUT2D eigenvalue weighted by Gasteiger charge is 2.28. The van der Waals surface area contributed by atoms with Crippen LogP contribution in [0.4, 0.5) is 5.00 Å². The molecule has 132 valence electrons. The number of hydrogen-bond donors (Lipinski definition) is 3. The third kappa shape index (κ3) is 4.56. The van der Waals surface area contributed by atoms with Crippen molar-refractivity contribution in [1.82, 2.24) is 0 Å². The molecule has 0 saturated carbocycles. The van der Waals surface area contributed by atoms with Gasteiger partial charge in [-0.15, -0.1) is 11.3 Å². The number of anilines is 1. The van der Waals surface area contributed by atoms with Crippen molar-refractivity contribution in [2.75, 3.05) is 5.32 Å². The summed E-state index contributed by atoms with van der Waals surface area (Å²) in [4.78, 5) is 35.5.